The number of nitrogens with one attached hydrogen (secondary N) is 1. The van der Waals surface area contributed by atoms with Crippen LogP contribution in [0.3, 0.4) is 0 Å². The Bertz CT molecular complexity index is 4890. The minimum atomic E-state index is -0.202. The van der Waals surface area contributed by atoms with E-state index in [2.05, 4.69) is 123 Å². The fraction of sp³-hybridized carbons (Fsp3) is 0.583. The minimum absolute atomic E-state index is 0.184. The van der Waals surface area contributed by atoms with Crippen LogP contribution in [0.2, 0.25) is 0 Å². The first-order chi connectivity index (χ1) is 67.2. The van der Waals surface area contributed by atoms with E-state index in [1.165, 1.54) is 185 Å². The highest BCUT2D eigenvalue weighted by atomic mass is 16.5. The summed E-state index contributed by atoms with van der Waals surface area (Å²) < 4.78 is 30.6. The van der Waals surface area contributed by atoms with Gasteiger partial charge in [-0.25, -0.2) is 4.98 Å². The van der Waals surface area contributed by atoms with Crippen LogP contribution in [0.1, 0.15) is 348 Å². The zero-order valence-electron chi connectivity index (χ0n) is 82.1. The van der Waals surface area contributed by atoms with Crippen LogP contribution in [0.15, 0.2) is 165 Å². The van der Waals surface area contributed by atoms with Gasteiger partial charge in [0.2, 0.25) is 0 Å². The number of unbranched alkanes of at least 4 members (excludes halogenated alkanes) is 4. The number of aliphatic hydroxyl groups is 4. The van der Waals surface area contributed by atoms with E-state index in [-0.39, 0.29) is 71.6 Å². The Morgan fingerprint density at radius 1 is 0.350 bits per heavy atom. The van der Waals surface area contributed by atoms with Crippen molar-refractivity contribution in [1.82, 2.24) is 59.5 Å². The first kappa shape index (κ1) is 99.2. The molecule has 4 saturated carbocycles. The third-order valence-corrected chi connectivity index (χ3v) is 31.2. The molecule has 5 N–H and O–H groups in total. The van der Waals surface area contributed by atoms with Crippen molar-refractivity contribution < 1.29 is 44.1 Å². The Kier molecular flexibility index (Phi) is 36.0. The van der Waals surface area contributed by atoms with Gasteiger partial charge in [-0.2, -0.15) is 0 Å². The molecule has 8 atom stereocenters. The van der Waals surface area contributed by atoms with Crippen LogP contribution in [0.4, 0.5) is 5.82 Å². The average Bonchev–Trinajstić information content (AvgIpc) is 1.65. The van der Waals surface area contributed by atoms with Crippen molar-refractivity contribution in [3.63, 3.8) is 0 Å². The molecule has 0 radical (unpaired) electrons. The summed E-state index contributed by atoms with van der Waals surface area (Å²) in [6.07, 6.45) is 55.1. The second kappa shape index (κ2) is 49.7. The predicted octanol–water partition coefficient (Wildman–Crippen LogP) is 22.5. The van der Waals surface area contributed by atoms with Gasteiger partial charge in [-0.1, -0.05) is 88.0 Å². The largest absolute Gasteiger partial charge is 0.511 e. The number of aromatic nitrogens is 8. The lowest BCUT2D eigenvalue weighted by Gasteiger charge is -2.32. The first-order valence-corrected chi connectivity index (χ1v) is 53.2. The zero-order valence-corrected chi connectivity index (χ0v) is 82.1. The Morgan fingerprint density at radius 3 is 0.949 bits per heavy atom. The Labute approximate surface area is 815 Å². The van der Waals surface area contributed by atoms with Crippen LogP contribution in [-0.4, -0.2) is 197 Å². The molecule has 4 saturated heterocycles. The standard InChI is InChI=1S/3C29H39N3O2.C28H38N4O3/c3*1-21(33)29(26-12-7-17-30-28(26)23-9-6-10-23)32-18-16-25(20-32)34-19-5-4-11-24-15-14-22-8-2-3-13-27(22)31-24;1-19(33)27(24-9-6-13-29-26(24)20-10-11-20)32-15-12-22(18-32)35-16-4-3-7-21-17-25(34-2)23-8-5-14-30-28(23)31-21/h3*7,12,14-15,17,23,25,29,33H,1-6,8-11,13,16,18-20H2;6,9,13,17,20,22,27,33H,1,3-5,7-8,10-12,14-16,18H2,2H3,(H,30,31)/t25-,29?;25-,29+;25-,29-;22-,27?/m1111/s1. The number of aryl methyl sites for hydroxylation is 10. The third kappa shape index (κ3) is 26.5. The highest BCUT2D eigenvalue weighted by Crippen LogP contribution is 2.48. The molecule has 22 heteroatoms. The van der Waals surface area contributed by atoms with E-state index in [9.17, 15) is 20.4 Å². The second-order valence-electron chi connectivity index (χ2n) is 41.1. The van der Waals surface area contributed by atoms with Gasteiger partial charge >= 0.3 is 0 Å². The van der Waals surface area contributed by atoms with Gasteiger partial charge in [-0.05, 0) is 325 Å². The molecular weight excluding hydrogens is 1710 g/mol. The summed E-state index contributed by atoms with van der Waals surface area (Å²) in [6, 6.07) is 31.2. The maximum atomic E-state index is 10.5. The molecule has 13 heterocycles. The maximum absolute atomic E-state index is 10.5. The quantitative estimate of drug-likeness (QED) is 0.0176. The van der Waals surface area contributed by atoms with E-state index >= 15 is 0 Å². The lowest BCUT2D eigenvalue weighted by atomic mass is 9.79. The summed E-state index contributed by atoms with van der Waals surface area (Å²) in [7, 11) is 1.74. The number of likely N-dealkylation sites (tertiary alicyclic amines) is 4. The van der Waals surface area contributed by atoms with Crippen LogP contribution >= 0.6 is 0 Å². The Hall–Kier alpha value is -9.36. The molecule has 8 aromatic rings. The summed E-state index contributed by atoms with van der Waals surface area (Å²) in [5.74, 6) is 4.90. The molecule has 7 aliphatic carbocycles. The number of pyridine rings is 8. The number of ether oxygens (including phenoxy) is 5. The molecule has 12 aliphatic rings. The van der Waals surface area contributed by atoms with Gasteiger partial charge < -0.3 is 49.4 Å². The van der Waals surface area contributed by atoms with Gasteiger partial charge in [0.25, 0.3) is 0 Å². The lowest BCUT2D eigenvalue weighted by molar-refractivity contribution is 0.0521. The van der Waals surface area contributed by atoms with Crippen molar-refractivity contribution in [1.29, 1.82) is 0 Å². The maximum Gasteiger partial charge on any atom is 0.133 e. The number of rotatable bonds is 41. The number of nitrogens with zero attached hydrogens (tertiary/aromatic N) is 12. The number of fused-ring (bicyclic) bond motifs is 4. The van der Waals surface area contributed by atoms with E-state index in [0.29, 0.717) is 23.7 Å². The summed E-state index contributed by atoms with van der Waals surface area (Å²) in [4.78, 5) is 47.5. The predicted molar refractivity (Wildman–Crippen MR) is 542 cm³/mol. The fourth-order valence-electron chi connectivity index (χ4n) is 23.0. The van der Waals surface area contributed by atoms with Gasteiger partial charge in [-0.15, -0.1) is 0 Å². The van der Waals surface area contributed by atoms with Gasteiger partial charge in [-0.3, -0.25) is 54.5 Å². The molecule has 5 aliphatic heterocycles. The summed E-state index contributed by atoms with van der Waals surface area (Å²) in [6.45, 7) is 26.7. The molecule has 8 aromatic heterocycles. The molecule has 20 rings (SSSR count). The van der Waals surface area contributed by atoms with Gasteiger partial charge in [0.1, 0.15) is 34.6 Å². The fourth-order valence-corrected chi connectivity index (χ4v) is 23.0. The van der Waals surface area contributed by atoms with Gasteiger partial charge in [0.05, 0.1) is 55.7 Å². The lowest BCUT2D eigenvalue weighted by Crippen LogP contribution is -2.31. The van der Waals surface area contributed by atoms with Crippen molar-refractivity contribution in [2.24, 2.45) is 0 Å². The van der Waals surface area contributed by atoms with Crippen molar-refractivity contribution in [2.75, 3.05) is 97.8 Å². The van der Waals surface area contributed by atoms with E-state index in [0.717, 1.165) is 282 Å². The second-order valence-corrected chi connectivity index (χ2v) is 41.1. The smallest absolute Gasteiger partial charge is 0.133 e. The number of hydrogen-bond donors (Lipinski definition) is 5. The highest BCUT2D eigenvalue weighted by molar-refractivity contribution is 5.55. The number of hydrogen-bond acceptors (Lipinski definition) is 22. The van der Waals surface area contributed by atoms with E-state index in [1.54, 1.807) is 7.11 Å². The monoisotopic (exact) mass is 1860 g/mol. The number of anilines is 1. The third-order valence-electron chi connectivity index (χ3n) is 31.2. The molecular formula is C115H155N13O9. The van der Waals surface area contributed by atoms with Crippen LogP contribution in [0.5, 0.6) is 5.75 Å². The van der Waals surface area contributed by atoms with Crippen LogP contribution in [0, 0.1) is 0 Å². The Balaban J connectivity index is 0.000000127. The van der Waals surface area contributed by atoms with Gasteiger partial charge in [0, 0.05) is 208 Å². The summed E-state index contributed by atoms with van der Waals surface area (Å²) in [5, 5.41) is 45.5. The molecule has 8 fully saturated rings. The molecule has 2 unspecified atom stereocenters. The molecule has 22 nitrogen and oxygen atoms in total. The summed E-state index contributed by atoms with van der Waals surface area (Å²) >= 11 is 0. The van der Waals surface area contributed by atoms with E-state index in [4.69, 9.17) is 58.6 Å². The minimum Gasteiger partial charge on any atom is -0.511 e. The number of aliphatic hydroxyl groups excluding tert-OH is 4. The van der Waals surface area contributed by atoms with E-state index < -0.39 is 0 Å². The molecule has 734 valence electrons. The van der Waals surface area contributed by atoms with Crippen molar-refractivity contribution in [3.8, 4) is 5.75 Å². The highest BCUT2D eigenvalue weighted by Gasteiger charge is 2.41. The van der Waals surface area contributed by atoms with Crippen LogP contribution < -0.4 is 10.1 Å². The average molecular weight is 1860 g/mol. The van der Waals surface area contributed by atoms with Crippen molar-refractivity contribution >= 4 is 5.82 Å². The summed E-state index contributed by atoms with van der Waals surface area (Å²) in [5.41, 5.74) is 23.4. The molecule has 0 amide bonds. The zero-order chi connectivity index (χ0) is 94.2. The molecule has 0 bridgehead atoms. The normalized spacial score (nSPS) is 21.5. The number of methoxy groups -OCH3 is 1. The van der Waals surface area contributed by atoms with Gasteiger partial charge in [0.15, 0.2) is 0 Å². The SMILES string of the molecule is C=C(O)C(c1cccnc1C1CC1)N1CC[C@@H](OCCCCc2cc(OC)c3c(n2)NCCC3)C1.C=C(O)C(c1cccnc1C1CCC1)N1CC[C@@H](OCCCCc2ccc3c(n2)CCCC3)C1.C=C(O)[C@@H](c1cccnc1C1CCC1)N1CC[C@@H](OCCCCc2ccc3c(n2)CCCC3)C1.C=C(O)[C@H](c1cccnc1C1CCC1)N1CC[C@@H](OCCCCc2ccc3c(n2)CCCC3)C1. The van der Waals surface area contributed by atoms with Crippen LogP contribution in [0.25, 0.3) is 0 Å². The van der Waals surface area contributed by atoms with Crippen LogP contribution in [-0.2, 0) is 89.6 Å². The molecule has 0 aromatic carbocycles. The molecule has 137 heavy (non-hydrogen) atoms. The van der Waals surface area contributed by atoms with E-state index in [1.807, 2.05) is 49.1 Å². The molecule has 0 spiro atoms. The first-order valence-electron chi connectivity index (χ1n) is 53.2. The topological polar surface area (TPSA) is 255 Å². The Morgan fingerprint density at radius 2 is 0.657 bits per heavy atom. The van der Waals surface area contributed by atoms with Crippen molar-refractivity contribution in [2.45, 2.75) is 336 Å². The van der Waals surface area contributed by atoms with Crippen molar-refractivity contribution in [3.05, 3.63) is 272 Å².